The standard InChI is InChI=1S/C5H5Cl2N3O2/c1-9-2-8-5(10(11)12)3(9)4(6)7/h2,4H,1H3/i1D. The maximum Gasteiger partial charge on any atom is 0.387 e. The first-order valence-corrected chi connectivity index (χ1v) is 3.72. The molecule has 1 rings (SSSR count). The Morgan fingerprint density at radius 3 is 3.00 bits per heavy atom. The lowest BCUT2D eigenvalue weighted by atomic mass is 10.5. The number of nitro groups is 1. The van der Waals surface area contributed by atoms with Gasteiger partial charge in [-0.2, -0.15) is 0 Å². The zero-order chi connectivity index (χ0) is 10.0. The highest BCUT2D eigenvalue weighted by molar-refractivity contribution is 6.44. The van der Waals surface area contributed by atoms with Crippen molar-refractivity contribution in [1.29, 1.82) is 0 Å². The van der Waals surface area contributed by atoms with Crippen molar-refractivity contribution < 1.29 is 6.29 Å². The van der Waals surface area contributed by atoms with Gasteiger partial charge in [0.2, 0.25) is 6.33 Å². The summed E-state index contributed by atoms with van der Waals surface area (Å²) in [6.07, 6.45) is 1.16. The maximum absolute atomic E-state index is 10.4. The van der Waals surface area contributed by atoms with Crippen molar-refractivity contribution in [2.45, 2.75) is 4.84 Å². The third-order valence-corrected chi connectivity index (χ3v) is 1.65. The van der Waals surface area contributed by atoms with E-state index in [-0.39, 0.29) is 12.7 Å². The summed E-state index contributed by atoms with van der Waals surface area (Å²) < 4.78 is 8.23. The first-order valence-electron chi connectivity index (χ1n) is 3.55. The molecular formula is C5H5Cl2N3O2. The second-order valence-electron chi connectivity index (χ2n) is 1.98. The molecule has 66 valence electrons. The largest absolute Gasteiger partial charge is 0.387 e. The second kappa shape index (κ2) is 3.28. The Balaban J connectivity index is 3.22. The van der Waals surface area contributed by atoms with Crippen LogP contribution in [-0.2, 0) is 7.02 Å². The molecule has 0 atom stereocenters. The van der Waals surface area contributed by atoms with Crippen molar-refractivity contribution in [2.24, 2.45) is 7.02 Å². The van der Waals surface area contributed by atoms with Crippen molar-refractivity contribution in [1.82, 2.24) is 9.55 Å². The van der Waals surface area contributed by atoms with Crippen LogP contribution in [0.4, 0.5) is 5.82 Å². The van der Waals surface area contributed by atoms with E-state index in [4.69, 9.17) is 24.6 Å². The number of hydrogen-bond donors (Lipinski definition) is 0. The van der Waals surface area contributed by atoms with Crippen LogP contribution in [0, 0.1) is 10.1 Å². The molecule has 0 unspecified atom stereocenters. The van der Waals surface area contributed by atoms with E-state index in [1.165, 1.54) is 4.57 Å². The van der Waals surface area contributed by atoms with Gasteiger partial charge in [-0.25, -0.2) is 0 Å². The van der Waals surface area contributed by atoms with E-state index in [2.05, 4.69) is 4.98 Å². The lowest BCUT2D eigenvalue weighted by molar-refractivity contribution is -0.390. The highest BCUT2D eigenvalue weighted by Gasteiger charge is 2.24. The summed E-state index contributed by atoms with van der Waals surface area (Å²) in [5.41, 5.74) is 0.0448. The van der Waals surface area contributed by atoms with Gasteiger partial charge in [0.15, 0.2) is 10.5 Å². The van der Waals surface area contributed by atoms with Gasteiger partial charge < -0.3 is 14.7 Å². The molecular weight excluding hydrogens is 205 g/mol. The molecule has 12 heavy (non-hydrogen) atoms. The fourth-order valence-corrected chi connectivity index (χ4v) is 1.19. The minimum Gasteiger partial charge on any atom is -0.358 e. The number of hydrogen-bond acceptors (Lipinski definition) is 3. The molecule has 0 amide bonds. The second-order valence-corrected chi connectivity index (χ2v) is 3.08. The monoisotopic (exact) mass is 210 g/mol. The third-order valence-electron chi connectivity index (χ3n) is 1.24. The van der Waals surface area contributed by atoms with Crippen LogP contribution < -0.4 is 0 Å². The molecule has 0 aromatic carbocycles. The Morgan fingerprint density at radius 1 is 1.92 bits per heavy atom. The molecule has 0 bridgehead atoms. The number of aryl methyl sites for hydroxylation is 1. The Bertz CT molecular complexity index is 328. The van der Waals surface area contributed by atoms with Crippen molar-refractivity contribution in [3.63, 3.8) is 0 Å². The topological polar surface area (TPSA) is 61.0 Å². The van der Waals surface area contributed by atoms with Gasteiger partial charge in [-0.05, 0) is 9.91 Å². The van der Waals surface area contributed by atoms with Crippen LogP contribution >= 0.6 is 23.2 Å². The SMILES string of the molecule is [2H]Cn1cnc([N+](=O)[O-])c1C(Cl)Cl. The lowest BCUT2D eigenvalue weighted by Gasteiger charge is -2.00. The summed E-state index contributed by atoms with van der Waals surface area (Å²) in [6, 6.07) is 0. The molecule has 0 radical (unpaired) electrons. The highest BCUT2D eigenvalue weighted by atomic mass is 35.5. The van der Waals surface area contributed by atoms with Gasteiger partial charge in [-0.15, -0.1) is 0 Å². The van der Waals surface area contributed by atoms with Crippen molar-refractivity contribution in [2.75, 3.05) is 0 Å². The highest BCUT2D eigenvalue weighted by Crippen LogP contribution is 2.30. The zero-order valence-corrected chi connectivity index (χ0v) is 7.29. The number of rotatable bonds is 2. The molecule has 0 fully saturated rings. The summed E-state index contributed by atoms with van der Waals surface area (Å²) in [7, 11) is -0.202. The van der Waals surface area contributed by atoms with E-state index in [0.717, 1.165) is 6.33 Å². The molecule has 0 aliphatic rings. The average Bonchev–Trinajstić information content (AvgIpc) is 2.46. The molecule has 0 saturated heterocycles. The first kappa shape index (κ1) is 7.82. The zero-order valence-electron chi connectivity index (χ0n) is 6.78. The number of aromatic nitrogens is 2. The van der Waals surface area contributed by atoms with Gasteiger partial charge >= 0.3 is 5.82 Å². The Labute approximate surface area is 79.5 Å². The van der Waals surface area contributed by atoms with Crippen molar-refractivity contribution in [3.05, 3.63) is 22.1 Å². The molecule has 0 spiro atoms. The molecule has 0 aliphatic heterocycles. The fraction of sp³-hybridized carbons (Fsp3) is 0.400. The van der Waals surface area contributed by atoms with E-state index in [1.807, 2.05) is 0 Å². The third kappa shape index (κ3) is 1.51. The van der Waals surface area contributed by atoms with Gasteiger partial charge in [0.25, 0.3) is 0 Å². The Hall–Kier alpha value is -0.810. The van der Waals surface area contributed by atoms with E-state index in [9.17, 15) is 10.1 Å². The van der Waals surface area contributed by atoms with Crippen LogP contribution in [0.2, 0.25) is 0 Å². The molecule has 7 heteroatoms. The van der Waals surface area contributed by atoms with Crippen molar-refractivity contribution >= 4 is 29.0 Å². The summed E-state index contributed by atoms with van der Waals surface area (Å²) in [6.45, 7) is 0. The molecule has 1 aromatic heterocycles. The molecule has 0 aliphatic carbocycles. The summed E-state index contributed by atoms with van der Waals surface area (Å²) in [5, 5.41) is 10.4. The van der Waals surface area contributed by atoms with Crippen LogP contribution in [0.1, 0.15) is 11.9 Å². The molecule has 0 saturated carbocycles. The average molecular weight is 211 g/mol. The minimum absolute atomic E-state index is 0.0448. The summed E-state index contributed by atoms with van der Waals surface area (Å²) in [5.74, 6) is -0.401. The fourth-order valence-electron chi connectivity index (χ4n) is 0.745. The van der Waals surface area contributed by atoms with Crippen LogP contribution in [0.15, 0.2) is 6.33 Å². The van der Waals surface area contributed by atoms with Crippen LogP contribution in [0.25, 0.3) is 0 Å². The van der Waals surface area contributed by atoms with Gasteiger partial charge in [-0.3, -0.25) is 0 Å². The number of imidazole rings is 1. The van der Waals surface area contributed by atoms with Crippen LogP contribution in [0.3, 0.4) is 0 Å². The first-order chi connectivity index (χ1) is 6.07. The summed E-state index contributed by atoms with van der Waals surface area (Å²) in [4.78, 5) is 12.2. The molecule has 0 N–H and O–H groups in total. The van der Waals surface area contributed by atoms with Gasteiger partial charge in [0.05, 0.1) is 0 Å². The number of halogens is 2. The number of alkyl halides is 2. The predicted octanol–water partition coefficient (Wildman–Crippen LogP) is 1.80. The predicted molar refractivity (Wildman–Crippen MR) is 44.3 cm³/mol. The molecule has 1 aromatic rings. The maximum atomic E-state index is 10.4. The van der Waals surface area contributed by atoms with Gasteiger partial charge in [0, 0.05) is 8.39 Å². The van der Waals surface area contributed by atoms with E-state index in [1.54, 1.807) is 0 Å². The smallest absolute Gasteiger partial charge is 0.358 e. The Kier molecular flexibility index (Phi) is 2.14. The van der Waals surface area contributed by atoms with E-state index < -0.39 is 15.6 Å². The van der Waals surface area contributed by atoms with Crippen molar-refractivity contribution in [3.8, 4) is 0 Å². The number of nitrogens with zero attached hydrogens (tertiary/aromatic N) is 3. The van der Waals surface area contributed by atoms with E-state index >= 15 is 0 Å². The van der Waals surface area contributed by atoms with Gasteiger partial charge in [-0.1, -0.05) is 23.2 Å². The quantitative estimate of drug-likeness (QED) is 0.425. The lowest BCUT2D eigenvalue weighted by Crippen LogP contribution is -1.98. The van der Waals surface area contributed by atoms with Gasteiger partial charge in [0.1, 0.15) is 0 Å². The molecule has 5 nitrogen and oxygen atoms in total. The Morgan fingerprint density at radius 2 is 2.58 bits per heavy atom. The minimum atomic E-state index is -1.05. The van der Waals surface area contributed by atoms with Crippen LogP contribution in [0.5, 0.6) is 0 Å². The van der Waals surface area contributed by atoms with E-state index in [0.29, 0.717) is 0 Å². The molecule has 1 heterocycles. The summed E-state index contributed by atoms with van der Waals surface area (Å²) >= 11 is 11.0. The van der Waals surface area contributed by atoms with Crippen LogP contribution in [-0.4, -0.2) is 14.5 Å². The normalized spacial score (nSPS) is 11.8.